The number of hydrogen-bond acceptors (Lipinski definition) is 2. The first-order valence-corrected chi connectivity index (χ1v) is 7.43. The van der Waals surface area contributed by atoms with Gasteiger partial charge < -0.3 is 10.4 Å². The van der Waals surface area contributed by atoms with Crippen molar-refractivity contribution < 1.29 is 14.7 Å². The molecule has 0 saturated carbocycles. The van der Waals surface area contributed by atoms with E-state index in [0.717, 1.165) is 11.1 Å². The highest BCUT2D eigenvalue weighted by molar-refractivity contribution is 6.30. The predicted octanol–water partition coefficient (Wildman–Crippen LogP) is 3.17. The van der Waals surface area contributed by atoms with Gasteiger partial charge in [0.15, 0.2) is 0 Å². The molecule has 0 aliphatic rings. The van der Waals surface area contributed by atoms with E-state index in [4.69, 9.17) is 11.6 Å². The quantitative estimate of drug-likeness (QED) is 0.800. The highest BCUT2D eigenvalue weighted by Gasteiger charge is 2.19. The molecule has 5 heteroatoms. The van der Waals surface area contributed by atoms with Crippen molar-refractivity contribution in [2.75, 3.05) is 0 Å². The smallest absolute Gasteiger partial charge is 0.326 e. The van der Waals surface area contributed by atoms with Crippen LogP contribution in [0.1, 0.15) is 11.1 Å². The first-order valence-electron chi connectivity index (χ1n) is 7.05. The summed E-state index contributed by atoms with van der Waals surface area (Å²) in [7, 11) is 0. The zero-order chi connectivity index (χ0) is 16.7. The van der Waals surface area contributed by atoms with Gasteiger partial charge in [0, 0.05) is 17.5 Å². The van der Waals surface area contributed by atoms with Crippen LogP contribution in [-0.2, 0) is 16.0 Å². The van der Waals surface area contributed by atoms with Crippen molar-refractivity contribution in [2.24, 2.45) is 0 Å². The van der Waals surface area contributed by atoms with Gasteiger partial charge in [-0.15, -0.1) is 0 Å². The molecule has 0 radical (unpaired) electrons. The molecule has 0 spiro atoms. The first-order chi connectivity index (χ1) is 11.0. The molecule has 23 heavy (non-hydrogen) atoms. The Morgan fingerprint density at radius 1 is 1.13 bits per heavy atom. The van der Waals surface area contributed by atoms with Crippen molar-refractivity contribution in [3.05, 3.63) is 76.8 Å². The Labute approximate surface area is 139 Å². The van der Waals surface area contributed by atoms with Gasteiger partial charge in [0.2, 0.25) is 5.91 Å². The largest absolute Gasteiger partial charge is 0.480 e. The van der Waals surface area contributed by atoms with Crippen LogP contribution in [0, 0.1) is 0 Å². The van der Waals surface area contributed by atoms with E-state index in [1.165, 1.54) is 6.08 Å². The maximum Gasteiger partial charge on any atom is 0.326 e. The number of amides is 1. The topological polar surface area (TPSA) is 66.4 Å². The highest BCUT2D eigenvalue weighted by atomic mass is 35.5. The lowest BCUT2D eigenvalue weighted by Crippen LogP contribution is -2.41. The molecule has 0 unspecified atom stereocenters. The molecule has 0 aromatic heterocycles. The minimum absolute atomic E-state index is 0.229. The van der Waals surface area contributed by atoms with Crippen LogP contribution in [0.2, 0.25) is 5.02 Å². The average Bonchev–Trinajstić information content (AvgIpc) is 2.53. The molecule has 0 saturated heterocycles. The third-order valence-corrected chi connectivity index (χ3v) is 3.41. The average molecular weight is 330 g/mol. The lowest BCUT2D eigenvalue weighted by atomic mass is 10.1. The van der Waals surface area contributed by atoms with E-state index in [0.29, 0.717) is 5.02 Å². The van der Waals surface area contributed by atoms with E-state index in [1.54, 1.807) is 30.3 Å². The molecule has 118 valence electrons. The van der Waals surface area contributed by atoms with E-state index in [2.05, 4.69) is 5.32 Å². The molecule has 0 fully saturated rings. The number of carbonyl (C=O) groups excluding carboxylic acids is 1. The first kappa shape index (κ1) is 16.8. The van der Waals surface area contributed by atoms with Gasteiger partial charge in [-0.25, -0.2) is 4.79 Å². The third-order valence-electron chi connectivity index (χ3n) is 3.17. The van der Waals surface area contributed by atoms with Gasteiger partial charge in [0.25, 0.3) is 0 Å². The highest BCUT2D eigenvalue weighted by Crippen LogP contribution is 2.11. The van der Waals surface area contributed by atoms with Crippen LogP contribution in [0.25, 0.3) is 6.08 Å². The van der Waals surface area contributed by atoms with E-state index >= 15 is 0 Å². The van der Waals surface area contributed by atoms with Crippen molar-refractivity contribution >= 4 is 29.6 Å². The second-order valence-corrected chi connectivity index (χ2v) is 5.41. The monoisotopic (exact) mass is 329 g/mol. The van der Waals surface area contributed by atoms with Crippen LogP contribution in [0.3, 0.4) is 0 Å². The Balaban J connectivity index is 1.99. The van der Waals surface area contributed by atoms with Crippen LogP contribution in [0.5, 0.6) is 0 Å². The number of benzene rings is 2. The molecule has 0 aliphatic carbocycles. The maximum absolute atomic E-state index is 11.9. The second-order valence-electron chi connectivity index (χ2n) is 4.98. The van der Waals surface area contributed by atoms with Crippen LogP contribution >= 0.6 is 11.6 Å². The summed E-state index contributed by atoms with van der Waals surface area (Å²) < 4.78 is 0. The van der Waals surface area contributed by atoms with E-state index in [-0.39, 0.29) is 6.42 Å². The van der Waals surface area contributed by atoms with Crippen molar-refractivity contribution in [1.82, 2.24) is 5.32 Å². The van der Waals surface area contributed by atoms with Gasteiger partial charge in [0.05, 0.1) is 0 Å². The normalized spacial score (nSPS) is 12.0. The van der Waals surface area contributed by atoms with Crippen molar-refractivity contribution in [3.8, 4) is 0 Å². The predicted molar refractivity (Wildman–Crippen MR) is 90.2 cm³/mol. The molecule has 0 heterocycles. The van der Waals surface area contributed by atoms with Crippen molar-refractivity contribution in [3.63, 3.8) is 0 Å². The number of aliphatic carboxylic acids is 1. The fourth-order valence-electron chi connectivity index (χ4n) is 2.05. The molecule has 2 rings (SSSR count). The Kier molecular flexibility index (Phi) is 5.94. The fraction of sp³-hybridized carbons (Fsp3) is 0.111. The third kappa shape index (κ3) is 5.60. The van der Waals surface area contributed by atoms with Gasteiger partial charge in [0.1, 0.15) is 6.04 Å². The molecule has 0 aliphatic heterocycles. The van der Waals surface area contributed by atoms with Crippen molar-refractivity contribution in [1.29, 1.82) is 0 Å². The van der Waals surface area contributed by atoms with E-state index in [1.807, 2.05) is 30.3 Å². The van der Waals surface area contributed by atoms with Gasteiger partial charge >= 0.3 is 5.97 Å². The zero-order valence-electron chi connectivity index (χ0n) is 12.3. The summed E-state index contributed by atoms with van der Waals surface area (Å²) in [5, 5.41) is 12.3. The van der Waals surface area contributed by atoms with Gasteiger partial charge in [-0.1, -0.05) is 54.1 Å². The minimum Gasteiger partial charge on any atom is -0.480 e. The summed E-state index contributed by atoms with van der Waals surface area (Å²) in [4.78, 5) is 23.2. The number of hydrogen-bond donors (Lipinski definition) is 2. The second kappa shape index (κ2) is 8.15. The van der Waals surface area contributed by atoms with Gasteiger partial charge in [-0.2, -0.15) is 0 Å². The Hall–Kier alpha value is -2.59. The molecule has 1 amide bonds. The summed E-state index contributed by atoms with van der Waals surface area (Å²) in [6, 6.07) is 15.2. The Morgan fingerprint density at radius 2 is 1.87 bits per heavy atom. The molecular weight excluding hydrogens is 314 g/mol. The summed E-state index contributed by atoms with van der Waals surface area (Å²) in [6.45, 7) is 0. The summed E-state index contributed by atoms with van der Waals surface area (Å²) >= 11 is 5.86. The van der Waals surface area contributed by atoms with Crippen LogP contribution < -0.4 is 5.32 Å². The molecule has 0 bridgehead atoms. The number of nitrogens with one attached hydrogen (secondary N) is 1. The standard InChI is InChI=1S/C18H16ClNO3/c19-15-8-4-7-14(11-15)9-10-17(21)20-16(18(22)23)12-13-5-2-1-3-6-13/h1-11,16H,12H2,(H,20,21)(H,22,23)/t16-/m1/s1. The molecule has 1 atom stereocenters. The number of carboxylic acid groups (broad SMARTS) is 1. The Morgan fingerprint density at radius 3 is 2.52 bits per heavy atom. The van der Waals surface area contributed by atoms with Crippen LogP contribution in [0.15, 0.2) is 60.7 Å². The lowest BCUT2D eigenvalue weighted by molar-refractivity contribution is -0.141. The van der Waals surface area contributed by atoms with Gasteiger partial charge in [-0.3, -0.25) is 4.79 Å². The summed E-state index contributed by atoms with van der Waals surface area (Å²) in [5.74, 6) is -1.54. The van der Waals surface area contributed by atoms with E-state index in [9.17, 15) is 14.7 Å². The molecule has 2 N–H and O–H groups in total. The molecular formula is C18H16ClNO3. The van der Waals surface area contributed by atoms with Gasteiger partial charge in [-0.05, 0) is 29.3 Å². The maximum atomic E-state index is 11.9. The lowest BCUT2D eigenvalue weighted by Gasteiger charge is -2.13. The van der Waals surface area contributed by atoms with Crippen LogP contribution in [-0.4, -0.2) is 23.0 Å². The van der Waals surface area contributed by atoms with E-state index < -0.39 is 17.9 Å². The number of carboxylic acids is 1. The van der Waals surface area contributed by atoms with Crippen LogP contribution in [0.4, 0.5) is 0 Å². The SMILES string of the molecule is O=C(C=Cc1cccc(Cl)c1)N[C@H](Cc1ccccc1)C(=O)O. The number of halogens is 1. The number of rotatable bonds is 6. The molecule has 4 nitrogen and oxygen atoms in total. The van der Waals surface area contributed by atoms with Crippen molar-refractivity contribution in [2.45, 2.75) is 12.5 Å². The fourth-order valence-corrected chi connectivity index (χ4v) is 2.25. The summed E-state index contributed by atoms with van der Waals surface area (Å²) in [5.41, 5.74) is 1.61. The molecule has 2 aromatic rings. The number of carbonyl (C=O) groups is 2. The zero-order valence-corrected chi connectivity index (χ0v) is 13.0. The summed E-state index contributed by atoms with van der Waals surface area (Å²) in [6.07, 6.45) is 3.11. The Bertz CT molecular complexity index is 713. The minimum atomic E-state index is -1.07. The molecule has 2 aromatic carbocycles.